The molecule has 0 heterocycles. The molecule has 0 aliphatic heterocycles. The Labute approximate surface area is 111 Å². The van der Waals surface area contributed by atoms with Crippen molar-refractivity contribution in [2.45, 2.75) is 25.3 Å². The summed E-state index contributed by atoms with van der Waals surface area (Å²) in [5, 5.41) is 20.8. The minimum atomic E-state index is -1.09. The maximum absolute atomic E-state index is 11.6. The molecular weight excluding hydrogens is 246 g/mol. The van der Waals surface area contributed by atoms with Crippen molar-refractivity contribution in [1.82, 2.24) is 5.32 Å². The van der Waals surface area contributed by atoms with Gasteiger partial charge in [0.15, 0.2) is 0 Å². The van der Waals surface area contributed by atoms with Crippen LogP contribution in [0.15, 0.2) is 36.9 Å². The van der Waals surface area contributed by atoms with Crippen molar-refractivity contribution >= 4 is 11.9 Å². The first-order chi connectivity index (χ1) is 9.04. The van der Waals surface area contributed by atoms with Crippen molar-refractivity contribution < 1.29 is 19.8 Å². The number of phenols is 1. The van der Waals surface area contributed by atoms with Crippen molar-refractivity contribution in [1.29, 1.82) is 0 Å². The van der Waals surface area contributed by atoms with Crippen molar-refractivity contribution in [3.05, 3.63) is 42.5 Å². The topological polar surface area (TPSA) is 86.6 Å². The number of hydrogen-bond acceptors (Lipinski definition) is 3. The third-order valence-corrected chi connectivity index (χ3v) is 2.65. The molecule has 5 nitrogen and oxygen atoms in total. The van der Waals surface area contributed by atoms with E-state index in [9.17, 15) is 14.7 Å². The van der Waals surface area contributed by atoms with E-state index >= 15 is 0 Å². The Bertz CT molecular complexity index is 470. The lowest BCUT2D eigenvalue weighted by Gasteiger charge is -2.12. The van der Waals surface area contributed by atoms with Gasteiger partial charge in [0.05, 0.1) is 0 Å². The zero-order valence-electron chi connectivity index (χ0n) is 10.5. The van der Waals surface area contributed by atoms with Gasteiger partial charge in [-0.25, -0.2) is 4.79 Å². The van der Waals surface area contributed by atoms with Gasteiger partial charge >= 0.3 is 5.97 Å². The smallest absolute Gasteiger partial charge is 0.326 e. The molecule has 0 saturated carbocycles. The van der Waals surface area contributed by atoms with Gasteiger partial charge in [0.25, 0.3) is 0 Å². The zero-order valence-corrected chi connectivity index (χ0v) is 10.5. The van der Waals surface area contributed by atoms with Crippen LogP contribution in [0.1, 0.15) is 18.4 Å². The molecule has 1 aromatic carbocycles. The quantitative estimate of drug-likeness (QED) is 0.650. The molecule has 1 rings (SSSR count). The summed E-state index contributed by atoms with van der Waals surface area (Å²) in [7, 11) is 0. The van der Waals surface area contributed by atoms with E-state index in [1.807, 2.05) is 0 Å². The third kappa shape index (κ3) is 4.83. The molecule has 102 valence electrons. The predicted molar refractivity (Wildman–Crippen MR) is 70.8 cm³/mol. The summed E-state index contributed by atoms with van der Waals surface area (Å²) in [6, 6.07) is 5.79. The van der Waals surface area contributed by atoms with Crippen LogP contribution < -0.4 is 5.32 Å². The van der Waals surface area contributed by atoms with Crippen LogP contribution in [0, 0.1) is 0 Å². The second-order valence-electron chi connectivity index (χ2n) is 4.11. The lowest BCUT2D eigenvalue weighted by molar-refractivity contribution is -0.141. The summed E-state index contributed by atoms with van der Waals surface area (Å²) < 4.78 is 0. The van der Waals surface area contributed by atoms with E-state index in [0.717, 1.165) is 0 Å². The highest BCUT2D eigenvalue weighted by Gasteiger charge is 2.18. The molecule has 0 fully saturated rings. The Kier molecular flexibility index (Phi) is 5.60. The number of aryl methyl sites for hydroxylation is 1. The van der Waals surface area contributed by atoms with Crippen LogP contribution in [0.25, 0.3) is 0 Å². The molecule has 0 saturated heterocycles. The summed E-state index contributed by atoms with van der Waals surface area (Å²) in [6.45, 7) is 3.45. The molecule has 0 bridgehead atoms. The second kappa shape index (κ2) is 7.20. The molecule has 0 aromatic heterocycles. The Balaban J connectivity index is 2.49. The first-order valence-electron chi connectivity index (χ1n) is 5.94. The number of para-hydroxylation sites is 1. The number of amides is 1. The Hall–Kier alpha value is -2.30. The number of aromatic hydroxyl groups is 1. The predicted octanol–water partition coefficient (Wildman–Crippen LogP) is 1.47. The number of aliphatic carboxylic acids is 1. The van der Waals surface area contributed by atoms with Crippen LogP contribution >= 0.6 is 0 Å². The van der Waals surface area contributed by atoms with Gasteiger partial charge in [0.1, 0.15) is 11.8 Å². The van der Waals surface area contributed by atoms with E-state index in [1.54, 1.807) is 24.3 Å². The Morgan fingerprint density at radius 1 is 1.37 bits per heavy atom. The largest absolute Gasteiger partial charge is 0.508 e. The van der Waals surface area contributed by atoms with Gasteiger partial charge < -0.3 is 15.5 Å². The summed E-state index contributed by atoms with van der Waals surface area (Å²) in [5.41, 5.74) is 0.660. The molecule has 19 heavy (non-hydrogen) atoms. The SMILES string of the molecule is C=CCC(NC(=O)CCc1ccccc1O)C(=O)O. The number of nitrogens with one attached hydrogen (secondary N) is 1. The number of carboxylic acids is 1. The maximum Gasteiger partial charge on any atom is 0.326 e. The molecule has 1 aromatic rings. The summed E-state index contributed by atoms with van der Waals surface area (Å²) >= 11 is 0. The molecule has 0 radical (unpaired) electrons. The van der Waals surface area contributed by atoms with E-state index < -0.39 is 12.0 Å². The second-order valence-corrected chi connectivity index (χ2v) is 4.11. The van der Waals surface area contributed by atoms with Gasteiger partial charge in [0, 0.05) is 6.42 Å². The first-order valence-corrected chi connectivity index (χ1v) is 5.94. The molecule has 3 N–H and O–H groups in total. The number of carbonyl (C=O) groups is 2. The standard InChI is InChI=1S/C14H17NO4/c1-2-5-11(14(18)19)15-13(17)9-8-10-6-3-4-7-12(10)16/h2-4,6-7,11,16H,1,5,8-9H2,(H,15,17)(H,18,19). The molecular formula is C14H17NO4. The number of carbonyl (C=O) groups excluding carboxylic acids is 1. The number of rotatable bonds is 7. The minimum absolute atomic E-state index is 0.124. The van der Waals surface area contributed by atoms with E-state index in [1.165, 1.54) is 6.08 Å². The Morgan fingerprint density at radius 3 is 2.63 bits per heavy atom. The summed E-state index contributed by atoms with van der Waals surface area (Å²) in [6.07, 6.45) is 2.11. The lowest BCUT2D eigenvalue weighted by atomic mass is 10.1. The van der Waals surface area contributed by atoms with Crippen LogP contribution in [-0.4, -0.2) is 28.1 Å². The van der Waals surface area contributed by atoms with Crippen molar-refractivity contribution in [3.63, 3.8) is 0 Å². The molecule has 0 aliphatic rings. The average Bonchev–Trinajstić information content (AvgIpc) is 2.37. The highest BCUT2D eigenvalue weighted by atomic mass is 16.4. The molecule has 1 unspecified atom stereocenters. The van der Waals surface area contributed by atoms with Crippen LogP contribution in [0.5, 0.6) is 5.75 Å². The van der Waals surface area contributed by atoms with Gasteiger partial charge in [-0.3, -0.25) is 4.79 Å². The average molecular weight is 263 g/mol. The minimum Gasteiger partial charge on any atom is -0.508 e. The highest BCUT2D eigenvalue weighted by Crippen LogP contribution is 2.17. The normalized spacial score (nSPS) is 11.6. The molecule has 0 spiro atoms. The fourth-order valence-electron chi connectivity index (χ4n) is 1.63. The maximum atomic E-state index is 11.6. The third-order valence-electron chi connectivity index (χ3n) is 2.65. The van der Waals surface area contributed by atoms with Gasteiger partial charge in [-0.2, -0.15) is 0 Å². The van der Waals surface area contributed by atoms with Crippen LogP contribution in [0.3, 0.4) is 0 Å². The van der Waals surface area contributed by atoms with Gasteiger partial charge in [-0.05, 0) is 24.5 Å². The van der Waals surface area contributed by atoms with Crippen LogP contribution in [0.2, 0.25) is 0 Å². The highest BCUT2D eigenvalue weighted by molar-refractivity contribution is 5.83. The lowest BCUT2D eigenvalue weighted by Crippen LogP contribution is -2.40. The number of phenolic OH excluding ortho intramolecular Hbond substituents is 1. The number of hydrogen-bond donors (Lipinski definition) is 3. The molecule has 1 atom stereocenters. The first kappa shape index (κ1) is 14.8. The summed E-state index contributed by atoms with van der Waals surface area (Å²) in [5.74, 6) is -1.32. The number of benzene rings is 1. The van der Waals surface area contributed by atoms with Crippen molar-refractivity contribution in [2.75, 3.05) is 0 Å². The molecule has 0 aliphatic carbocycles. The zero-order chi connectivity index (χ0) is 14.3. The van der Waals surface area contributed by atoms with Crippen LogP contribution in [0.4, 0.5) is 0 Å². The van der Waals surface area contributed by atoms with E-state index in [4.69, 9.17) is 5.11 Å². The molecule has 5 heteroatoms. The number of carboxylic acid groups (broad SMARTS) is 1. The fraction of sp³-hybridized carbons (Fsp3) is 0.286. The van der Waals surface area contributed by atoms with Gasteiger partial charge in [-0.1, -0.05) is 24.3 Å². The van der Waals surface area contributed by atoms with Crippen molar-refractivity contribution in [2.24, 2.45) is 0 Å². The van der Waals surface area contributed by atoms with Gasteiger partial charge in [-0.15, -0.1) is 6.58 Å². The van der Waals surface area contributed by atoms with Crippen molar-refractivity contribution in [3.8, 4) is 5.75 Å². The Morgan fingerprint density at radius 2 is 2.05 bits per heavy atom. The fourth-order valence-corrected chi connectivity index (χ4v) is 1.63. The monoisotopic (exact) mass is 263 g/mol. The van der Waals surface area contributed by atoms with Crippen LogP contribution in [-0.2, 0) is 16.0 Å². The molecule has 1 amide bonds. The van der Waals surface area contributed by atoms with E-state index in [-0.39, 0.29) is 24.5 Å². The van der Waals surface area contributed by atoms with E-state index in [0.29, 0.717) is 12.0 Å². The summed E-state index contributed by atoms with van der Waals surface area (Å²) in [4.78, 5) is 22.5. The van der Waals surface area contributed by atoms with E-state index in [2.05, 4.69) is 11.9 Å². The van der Waals surface area contributed by atoms with Gasteiger partial charge in [0.2, 0.25) is 5.91 Å².